The van der Waals surface area contributed by atoms with Crippen LogP contribution >= 0.6 is 23.2 Å². The molecule has 3 aromatic carbocycles. The first-order valence-electron chi connectivity index (χ1n) is 11.1. The van der Waals surface area contributed by atoms with E-state index in [9.17, 15) is 9.59 Å². The Morgan fingerprint density at radius 2 is 1.48 bits per heavy atom. The summed E-state index contributed by atoms with van der Waals surface area (Å²) < 4.78 is 0. The van der Waals surface area contributed by atoms with Gasteiger partial charge in [-0.25, -0.2) is 0 Å². The first-order valence-corrected chi connectivity index (χ1v) is 11.9. The summed E-state index contributed by atoms with van der Waals surface area (Å²) in [6, 6.07) is 24.7. The first-order chi connectivity index (χ1) is 16.0. The number of rotatable bonds is 6. The monoisotopic (exact) mass is 480 g/mol. The molecule has 170 valence electrons. The summed E-state index contributed by atoms with van der Waals surface area (Å²) >= 11 is 12.3. The van der Waals surface area contributed by atoms with E-state index in [-0.39, 0.29) is 23.9 Å². The van der Waals surface area contributed by atoms with Crippen molar-refractivity contribution in [3.8, 4) is 0 Å². The second-order valence-corrected chi connectivity index (χ2v) is 9.32. The topological polar surface area (TPSA) is 49.4 Å². The summed E-state index contributed by atoms with van der Waals surface area (Å²) in [4.78, 5) is 27.9. The summed E-state index contributed by atoms with van der Waals surface area (Å²) in [6.45, 7) is 0.552. The molecule has 1 heterocycles. The fraction of sp³-hybridized carbons (Fsp3) is 0.259. The van der Waals surface area contributed by atoms with E-state index in [1.807, 2.05) is 53.4 Å². The van der Waals surface area contributed by atoms with Gasteiger partial charge in [0.05, 0.1) is 6.42 Å². The average Bonchev–Trinajstić information content (AvgIpc) is 2.79. The third-order valence-electron chi connectivity index (χ3n) is 5.97. The number of hydrogen-bond acceptors (Lipinski definition) is 2. The minimum Gasteiger partial charge on any atom is -0.353 e. The molecule has 0 radical (unpaired) electrons. The van der Waals surface area contributed by atoms with Crippen molar-refractivity contribution < 1.29 is 9.59 Å². The Hall–Kier alpha value is -2.82. The number of benzene rings is 3. The van der Waals surface area contributed by atoms with Crippen LogP contribution in [-0.4, -0.2) is 35.3 Å². The van der Waals surface area contributed by atoms with Crippen molar-refractivity contribution in [2.24, 2.45) is 0 Å². The van der Waals surface area contributed by atoms with Gasteiger partial charge >= 0.3 is 0 Å². The van der Waals surface area contributed by atoms with E-state index < -0.39 is 0 Å². The number of carbonyl (C=O) groups is 2. The number of carbonyl (C=O) groups excluding carboxylic acids is 2. The van der Waals surface area contributed by atoms with Crippen molar-refractivity contribution >= 4 is 35.0 Å². The van der Waals surface area contributed by atoms with Gasteiger partial charge in [-0.1, -0.05) is 83.9 Å². The second-order valence-electron chi connectivity index (χ2n) is 8.45. The molecule has 0 aromatic heterocycles. The molecule has 33 heavy (non-hydrogen) atoms. The third-order valence-corrected chi connectivity index (χ3v) is 6.41. The van der Waals surface area contributed by atoms with Crippen molar-refractivity contribution in [1.82, 2.24) is 10.2 Å². The lowest BCUT2D eigenvalue weighted by molar-refractivity contribution is -0.121. The van der Waals surface area contributed by atoms with Crippen LogP contribution in [0.3, 0.4) is 0 Å². The molecule has 2 amide bonds. The molecule has 1 saturated heterocycles. The molecule has 1 N–H and O–H groups in total. The second kappa shape index (κ2) is 10.9. The molecule has 4 rings (SSSR count). The van der Waals surface area contributed by atoms with Gasteiger partial charge in [-0.3, -0.25) is 9.59 Å². The summed E-state index contributed by atoms with van der Waals surface area (Å²) in [7, 11) is 0. The normalized spacial score (nSPS) is 18.1. The molecule has 2 unspecified atom stereocenters. The van der Waals surface area contributed by atoms with Crippen LogP contribution in [0.5, 0.6) is 0 Å². The summed E-state index contributed by atoms with van der Waals surface area (Å²) in [5.74, 6) is -0.0829. The smallest absolute Gasteiger partial charge is 0.254 e. The Balaban J connectivity index is 1.49. The number of halogens is 2. The fourth-order valence-corrected chi connectivity index (χ4v) is 4.96. The molecule has 0 saturated carbocycles. The molecule has 6 heteroatoms. The highest BCUT2D eigenvalue weighted by Crippen LogP contribution is 2.26. The van der Waals surface area contributed by atoms with E-state index in [1.165, 1.54) is 0 Å². The average molecular weight is 481 g/mol. The zero-order chi connectivity index (χ0) is 23.2. The van der Waals surface area contributed by atoms with Gasteiger partial charge in [-0.05, 0) is 48.6 Å². The van der Waals surface area contributed by atoms with Gasteiger partial charge in [0.2, 0.25) is 5.91 Å². The van der Waals surface area contributed by atoms with E-state index in [0.29, 0.717) is 47.8 Å². The van der Waals surface area contributed by atoms with Crippen LogP contribution in [0.4, 0.5) is 0 Å². The summed E-state index contributed by atoms with van der Waals surface area (Å²) in [6.07, 6.45) is 2.46. The van der Waals surface area contributed by atoms with Crippen LogP contribution in [0.15, 0.2) is 78.9 Å². The molecular formula is C27H26Cl2N2O2. The van der Waals surface area contributed by atoms with Crippen molar-refractivity contribution in [1.29, 1.82) is 0 Å². The van der Waals surface area contributed by atoms with Gasteiger partial charge in [-0.15, -0.1) is 0 Å². The first kappa shape index (κ1) is 23.3. The maximum absolute atomic E-state index is 13.4. The SMILES string of the molecule is O=C(Cc1ccccc1)NC1CCN(C(=O)c2cc(Cl)cc(Cl)c2)C(Cc2ccccc2)C1. The number of likely N-dealkylation sites (tertiary alicyclic amines) is 1. The Morgan fingerprint density at radius 3 is 2.12 bits per heavy atom. The van der Waals surface area contributed by atoms with Gasteiger partial charge in [0.25, 0.3) is 5.91 Å². The molecular weight excluding hydrogens is 455 g/mol. The Morgan fingerprint density at radius 1 is 0.879 bits per heavy atom. The number of nitrogens with zero attached hydrogens (tertiary/aromatic N) is 1. The summed E-state index contributed by atoms with van der Waals surface area (Å²) in [5.41, 5.74) is 2.62. The molecule has 0 spiro atoms. The number of hydrogen-bond donors (Lipinski definition) is 1. The number of piperidine rings is 1. The van der Waals surface area contributed by atoms with E-state index in [2.05, 4.69) is 17.4 Å². The fourth-order valence-electron chi connectivity index (χ4n) is 4.43. The highest BCUT2D eigenvalue weighted by Gasteiger charge is 2.33. The van der Waals surface area contributed by atoms with Crippen LogP contribution in [0.2, 0.25) is 10.0 Å². The molecule has 3 aromatic rings. The molecule has 1 aliphatic rings. The van der Waals surface area contributed by atoms with E-state index in [4.69, 9.17) is 23.2 Å². The Bertz CT molecular complexity index is 1090. The van der Waals surface area contributed by atoms with Gasteiger partial charge in [0.1, 0.15) is 0 Å². The molecule has 4 nitrogen and oxygen atoms in total. The van der Waals surface area contributed by atoms with Gasteiger partial charge in [0.15, 0.2) is 0 Å². The zero-order valence-corrected chi connectivity index (χ0v) is 19.7. The van der Waals surface area contributed by atoms with E-state index in [0.717, 1.165) is 11.1 Å². The highest BCUT2D eigenvalue weighted by atomic mass is 35.5. The van der Waals surface area contributed by atoms with Crippen molar-refractivity contribution in [2.75, 3.05) is 6.54 Å². The standard InChI is InChI=1S/C27H26Cl2N2O2/c28-22-15-21(16-23(29)17-22)27(33)31-12-11-24(18-25(31)13-19-7-3-1-4-8-19)30-26(32)14-20-9-5-2-6-10-20/h1-10,15-17,24-25H,11-14,18H2,(H,30,32). The molecule has 0 bridgehead atoms. The maximum atomic E-state index is 13.4. The molecule has 2 atom stereocenters. The Labute approximate surface area is 204 Å². The molecule has 1 aliphatic heterocycles. The zero-order valence-electron chi connectivity index (χ0n) is 18.2. The largest absolute Gasteiger partial charge is 0.353 e. The van der Waals surface area contributed by atoms with Gasteiger partial charge in [0, 0.05) is 34.2 Å². The lowest BCUT2D eigenvalue weighted by atomic mass is 9.91. The number of amides is 2. The third kappa shape index (κ3) is 6.37. The van der Waals surface area contributed by atoms with Crippen LogP contribution in [0, 0.1) is 0 Å². The van der Waals surface area contributed by atoms with Crippen molar-refractivity contribution in [3.05, 3.63) is 106 Å². The Kier molecular flexibility index (Phi) is 7.69. The van der Waals surface area contributed by atoms with Gasteiger partial charge < -0.3 is 10.2 Å². The minimum absolute atomic E-state index is 0.00561. The molecule has 0 aliphatic carbocycles. The van der Waals surface area contributed by atoms with Crippen LogP contribution in [0.1, 0.15) is 34.3 Å². The highest BCUT2D eigenvalue weighted by molar-refractivity contribution is 6.35. The quantitative estimate of drug-likeness (QED) is 0.501. The molecule has 1 fully saturated rings. The van der Waals surface area contributed by atoms with Crippen molar-refractivity contribution in [2.45, 2.75) is 37.8 Å². The summed E-state index contributed by atoms with van der Waals surface area (Å²) in [5, 5.41) is 4.06. The predicted molar refractivity (Wildman–Crippen MR) is 133 cm³/mol. The van der Waals surface area contributed by atoms with Crippen molar-refractivity contribution in [3.63, 3.8) is 0 Å². The van der Waals surface area contributed by atoms with Crippen LogP contribution < -0.4 is 5.32 Å². The van der Waals surface area contributed by atoms with Crippen LogP contribution in [0.25, 0.3) is 0 Å². The number of nitrogens with one attached hydrogen (secondary N) is 1. The maximum Gasteiger partial charge on any atom is 0.254 e. The van der Waals surface area contributed by atoms with Gasteiger partial charge in [-0.2, -0.15) is 0 Å². The predicted octanol–water partition coefficient (Wildman–Crippen LogP) is 5.57. The van der Waals surface area contributed by atoms with E-state index >= 15 is 0 Å². The lowest BCUT2D eigenvalue weighted by Crippen LogP contribution is -2.53. The van der Waals surface area contributed by atoms with Crippen LogP contribution in [-0.2, 0) is 17.6 Å². The minimum atomic E-state index is -0.0885. The van der Waals surface area contributed by atoms with E-state index in [1.54, 1.807) is 18.2 Å². The lowest BCUT2D eigenvalue weighted by Gasteiger charge is -2.40.